The Morgan fingerprint density at radius 2 is 1.83 bits per heavy atom. The molecule has 2 fully saturated rings. The monoisotopic (exact) mass is 326 g/mol. The van der Waals surface area contributed by atoms with Crippen LogP contribution >= 0.6 is 0 Å². The molecule has 5 nitrogen and oxygen atoms in total. The van der Waals surface area contributed by atoms with Crippen molar-refractivity contribution in [3.8, 4) is 0 Å². The molecule has 2 N–H and O–H groups in total. The molecule has 1 amide bonds. The first-order valence-electron chi connectivity index (χ1n) is 9.28. The van der Waals surface area contributed by atoms with Crippen LogP contribution in [0, 0.1) is 0 Å². The molecule has 1 saturated heterocycles. The van der Waals surface area contributed by atoms with Crippen LogP contribution in [0.1, 0.15) is 72.1 Å². The van der Waals surface area contributed by atoms with E-state index < -0.39 is 5.60 Å². The van der Waals surface area contributed by atoms with Crippen molar-refractivity contribution < 1.29 is 14.6 Å². The van der Waals surface area contributed by atoms with Crippen molar-refractivity contribution in [1.82, 2.24) is 10.2 Å². The summed E-state index contributed by atoms with van der Waals surface area (Å²) >= 11 is 0. The molecule has 1 aliphatic heterocycles. The first-order chi connectivity index (χ1) is 10.9. The van der Waals surface area contributed by atoms with Gasteiger partial charge < -0.3 is 20.1 Å². The summed E-state index contributed by atoms with van der Waals surface area (Å²) in [6.45, 7) is 7.24. The van der Waals surface area contributed by atoms with E-state index in [1.165, 1.54) is 12.8 Å². The van der Waals surface area contributed by atoms with Gasteiger partial charge in [0.1, 0.15) is 5.60 Å². The highest BCUT2D eigenvalue weighted by molar-refractivity contribution is 5.68. The molecule has 5 heteroatoms. The van der Waals surface area contributed by atoms with Gasteiger partial charge in [0.2, 0.25) is 0 Å². The minimum Gasteiger partial charge on any atom is -0.444 e. The smallest absolute Gasteiger partial charge is 0.410 e. The van der Waals surface area contributed by atoms with Crippen LogP contribution in [-0.4, -0.2) is 53.0 Å². The fraction of sp³-hybridized carbons (Fsp3) is 0.944. The number of carbonyl (C=O) groups excluding carboxylic acids is 1. The zero-order valence-corrected chi connectivity index (χ0v) is 15.0. The van der Waals surface area contributed by atoms with Gasteiger partial charge in [0.25, 0.3) is 0 Å². The maximum Gasteiger partial charge on any atom is 0.410 e. The predicted molar refractivity (Wildman–Crippen MR) is 91.5 cm³/mol. The average Bonchev–Trinajstić information content (AvgIpc) is 2.68. The molecule has 134 valence electrons. The normalized spacial score (nSPS) is 29.9. The number of rotatable bonds is 3. The number of aliphatic hydroxyl groups excluding tert-OH is 1. The van der Waals surface area contributed by atoms with Gasteiger partial charge in [-0.2, -0.15) is 0 Å². The number of nitrogens with one attached hydrogen (secondary N) is 1. The zero-order chi connectivity index (χ0) is 16.9. The van der Waals surface area contributed by atoms with Crippen molar-refractivity contribution >= 4 is 6.09 Å². The first-order valence-corrected chi connectivity index (χ1v) is 9.28. The van der Waals surface area contributed by atoms with Gasteiger partial charge in [0, 0.05) is 25.2 Å². The van der Waals surface area contributed by atoms with E-state index in [0.29, 0.717) is 0 Å². The van der Waals surface area contributed by atoms with E-state index in [1.807, 2.05) is 25.7 Å². The minimum atomic E-state index is -0.454. The van der Waals surface area contributed by atoms with Gasteiger partial charge in [-0.25, -0.2) is 4.79 Å². The molecule has 2 aliphatic rings. The van der Waals surface area contributed by atoms with Gasteiger partial charge >= 0.3 is 6.09 Å². The second-order valence-corrected chi connectivity index (χ2v) is 8.04. The number of ether oxygens (including phenoxy) is 1. The van der Waals surface area contributed by atoms with Crippen molar-refractivity contribution in [2.24, 2.45) is 0 Å². The Labute approximate surface area is 140 Å². The fourth-order valence-electron chi connectivity index (χ4n) is 3.59. The Morgan fingerprint density at radius 3 is 2.57 bits per heavy atom. The number of aliphatic hydroxyl groups is 1. The third-order valence-corrected chi connectivity index (χ3v) is 4.85. The molecule has 0 aromatic rings. The Morgan fingerprint density at radius 1 is 1.13 bits per heavy atom. The van der Waals surface area contributed by atoms with E-state index in [4.69, 9.17) is 4.74 Å². The molecule has 0 bridgehead atoms. The van der Waals surface area contributed by atoms with Gasteiger partial charge in [-0.05, 0) is 52.9 Å². The van der Waals surface area contributed by atoms with Crippen molar-refractivity contribution in [2.45, 2.75) is 95.9 Å². The molecule has 2 rings (SSSR count). The summed E-state index contributed by atoms with van der Waals surface area (Å²) in [5.74, 6) is 0. The fourth-order valence-corrected chi connectivity index (χ4v) is 3.59. The number of likely N-dealkylation sites (tertiary alicyclic amines) is 1. The lowest BCUT2D eigenvalue weighted by molar-refractivity contribution is 0.00886. The van der Waals surface area contributed by atoms with E-state index in [1.54, 1.807) is 0 Å². The molecule has 0 aromatic carbocycles. The Kier molecular flexibility index (Phi) is 6.72. The molecule has 23 heavy (non-hydrogen) atoms. The molecular formula is C18H34N2O3. The SMILES string of the molecule is CC(C)(C)OC(=O)N1CCCCC1CNC1CCCCCC1O. The highest BCUT2D eigenvalue weighted by Gasteiger charge is 2.31. The second-order valence-electron chi connectivity index (χ2n) is 8.04. The summed E-state index contributed by atoms with van der Waals surface area (Å²) in [5, 5.41) is 13.8. The third-order valence-electron chi connectivity index (χ3n) is 4.85. The number of piperidine rings is 1. The summed E-state index contributed by atoms with van der Waals surface area (Å²) in [4.78, 5) is 14.3. The van der Waals surface area contributed by atoms with Gasteiger partial charge in [0.15, 0.2) is 0 Å². The molecule has 1 aliphatic carbocycles. The Balaban J connectivity index is 1.89. The number of hydrogen-bond acceptors (Lipinski definition) is 4. The van der Waals surface area contributed by atoms with Crippen LogP contribution in [0.5, 0.6) is 0 Å². The molecule has 0 radical (unpaired) electrons. The lowest BCUT2D eigenvalue weighted by atomic mass is 10.0. The van der Waals surface area contributed by atoms with Gasteiger partial charge in [-0.3, -0.25) is 0 Å². The van der Waals surface area contributed by atoms with Crippen molar-refractivity contribution in [2.75, 3.05) is 13.1 Å². The van der Waals surface area contributed by atoms with E-state index in [2.05, 4.69) is 5.32 Å². The van der Waals surface area contributed by atoms with E-state index >= 15 is 0 Å². The van der Waals surface area contributed by atoms with Crippen molar-refractivity contribution in [3.63, 3.8) is 0 Å². The molecule has 3 atom stereocenters. The largest absolute Gasteiger partial charge is 0.444 e. The Bertz CT molecular complexity index is 381. The third kappa shape index (κ3) is 5.96. The summed E-state index contributed by atoms with van der Waals surface area (Å²) < 4.78 is 5.55. The first kappa shape index (κ1) is 18.5. The molecule has 1 heterocycles. The zero-order valence-electron chi connectivity index (χ0n) is 15.0. The van der Waals surface area contributed by atoms with Crippen LogP contribution in [0.4, 0.5) is 4.79 Å². The number of nitrogens with zero attached hydrogens (tertiary/aromatic N) is 1. The van der Waals surface area contributed by atoms with E-state index in [9.17, 15) is 9.90 Å². The van der Waals surface area contributed by atoms with Crippen molar-refractivity contribution in [3.05, 3.63) is 0 Å². The highest BCUT2D eigenvalue weighted by Crippen LogP contribution is 2.22. The Hall–Kier alpha value is -0.810. The highest BCUT2D eigenvalue weighted by atomic mass is 16.6. The van der Waals surface area contributed by atoms with Gasteiger partial charge in [-0.15, -0.1) is 0 Å². The summed E-state index contributed by atoms with van der Waals surface area (Å²) in [6, 6.07) is 0.342. The maximum absolute atomic E-state index is 12.4. The molecule has 1 saturated carbocycles. The van der Waals surface area contributed by atoms with Crippen LogP contribution < -0.4 is 5.32 Å². The van der Waals surface area contributed by atoms with E-state index in [0.717, 1.165) is 51.6 Å². The van der Waals surface area contributed by atoms with Crippen LogP contribution in [0.2, 0.25) is 0 Å². The summed E-state index contributed by atoms with van der Waals surface area (Å²) in [5.41, 5.74) is -0.454. The maximum atomic E-state index is 12.4. The molecule has 0 spiro atoms. The topological polar surface area (TPSA) is 61.8 Å². The van der Waals surface area contributed by atoms with Crippen molar-refractivity contribution in [1.29, 1.82) is 0 Å². The quantitative estimate of drug-likeness (QED) is 0.783. The van der Waals surface area contributed by atoms with Gasteiger partial charge in [-0.1, -0.05) is 19.3 Å². The minimum absolute atomic E-state index is 0.167. The number of amides is 1. The molecule has 0 aromatic heterocycles. The van der Waals surface area contributed by atoms with Crippen LogP contribution in [0.15, 0.2) is 0 Å². The number of carbonyl (C=O) groups is 1. The van der Waals surface area contributed by atoms with Crippen LogP contribution in [0.3, 0.4) is 0 Å². The summed E-state index contributed by atoms with van der Waals surface area (Å²) in [7, 11) is 0. The standard InChI is InChI=1S/C18H34N2O3/c1-18(2,3)23-17(22)20-12-8-7-9-14(20)13-19-15-10-5-4-6-11-16(15)21/h14-16,19,21H,4-13H2,1-3H3. The summed E-state index contributed by atoms with van der Waals surface area (Å²) in [6.07, 6.45) is 8.17. The predicted octanol–water partition coefficient (Wildman–Crippen LogP) is 3.06. The van der Waals surface area contributed by atoms with Gasteiger partial charge in [0.05, 0.1) is 6.10 Å². The molecule has 3 unspecified atom stereocenters. The lowest BCUT2D eigenvalue weighted by Gasteiger charge is -2.38. The lowest BCUT2D eigenvalue weighted by Crippen LogP contribution is -2.52. The average molecular weight is 326 g/mol. The van der Waals surface area contributed by atoms with Crippen LogP contribution in [-0.2, 0) is 4.74 Å². The van der Waals surface area contributed by atoms with Crippen LogP contribution in [0.25, 0.3) is 0 Å². The van der Waals surface area contributed by atoms with E-state index in [-0.39, 0.29) is 24.3 Å². The molecular weight excluding hydrogens is 292 g/mol. The second kappa shape index (κ2) is 8.34. The number of hydrogen-bond donors (Lipinski definition) is 2.